The van der Waals surface area contributed by atoms with Crippen molar-refractivity contribution in [3.63, 3.8) is 0 Å². The van der Waals surface area contributed by atoms with Gasteiger partial charge in [-0.2, -0.15) is 0 Å². The van der Waals surface area contributed by atoms with Crippen LogP contribution < -0.4 is 5.32 Å². The Hall–Kier alpha value is -0.680. The van der Waals surface area contributed by atoms with Crippen molar-refractivity contribution < 1.29 is 5.11 Å². The second kappa shape index (κ2) is 5.10. The van der Waals surface area contributed by atoms with Crippen LogP contribution in [0.2, 0.25) is 0 Å². The highest BCUT2D eigenvalue weighted by atomic mass is 79.9. The van der Waals surface area contributed by atoms with E-state index >= 15 is 0 Å². The van der Waals surface area contributed by atoms with Crippen molar-refractivity contribution >= 4 is 21.7 Å². The van der Waals surface area contributed by atoms with Crippen LogP contribution in [0.3, 0.4) is 0 Å². The summed E-state index contributed by atoms with van der Waals surface area (Å²) >= 11 is 3.43. The monoisotopic (exact) mass is 285 g/mol. The molecule has 2 N–H and O–H groups in total. The zero-order valence-electron chi connectivity index (χ0n) is 9.28. The summed E-state index contributed by atoms with van der Waals surface area (Å²) in [5.41, 5.74) is 0. The fraction of sp³-hybridized carbons (Fsp3) is 0.636. The van der Waals surface area contributed by atoms with Gasteiger partial charge in [0.1, 0.15) is 11.6 Å². The number of hydrogen-bond donors (Lipinski definition) is 2. The third kappa shape index (κ3) is 2.92. The molecule has 16 heavy (non-hydrogen) atoms. The fourth-order valence-electron chi connectivity index (χ4n) is 1.97. The van der Waals surface area contributed by atoms with Crippen molar-refractivity contribution in [3.8, 4) is 0 Å². The highest BCUT2D eigenvalue weighted by molar-refractivity contribution is 9.10. The number of rotatable bonds is 2. The molecule has 0 radical (unpaired) electrons. The molecule has 1 saturated carbocycles. The van der Waals surface area contributed by atoms with E-state index in [1.807, 2.05) is 6.92 Å². The molecule has 1 heterocycles. The first-order valence-electron chi connectivity index (χ1n) is 5.59. The molecule has 1 aromatic heterocycles. The molecule has 0 aromatic carbocycles. The lowest BCUT2D eigenvalue weighted by Crippen LogP contribution is -2.28. The van der Waals surface area contributed by atoms with E-state index in [1.54, 1.807) is 6.20 Å². The number of aliphatic hydroxyl groups excluding tert-OH is 1. The van der Waals surface area contributed by atoms with E-state index < -0.39 is 0 Å². The standard InChI is InChI=1S/C11H16BrN3O/c1-7-13-6-10(12)11(14-7)15-8-2-4-9(16)5-3-8/h6,8-9,16H,2-5H2,1H3,(H,13,14,15)/t8-,9-. The minimum absolute atomic E-state index is 0.117. The smallest absolute Gasteiger partial charge is 0.144 e. The van der Waals surface area contributed by atoms with Crippen molar-refractivity contribution in [3.05, 3.63) is 16.5 Å². The molecule has 1 aromatic rings. The first kappa shape index (κ1) is 11.8. The Balaban J connectivity index is 2.00. The number of anilines is 1. The molecule has 0 atom stereocenters. The average molecular weight is 286 g/mol. The van der Waals surface area contributed by atoms with Crippen LogP contribution in [0.25, 0.3) is 0 Å². The zero-order chi connectivity index (χ0) is 11.5. The minimum Gasteiger partial charge on any atom is -0.393 e. The van der Waals surface area contributed by atoms with Gasteiger partial charge in [0.2, 0.25) is 0 Å². The van der Waals surface area contributed by atoms with Gasteiger partial charge in [0.15, 0.2) is 0 Å². The quantitative estimate of drug-likeness (QED) is 0.875. The molecule has 1 fully saturated rings. The zero-order valence-corrected chi connectivity index (χ0v) is 10.9. The van der Waals surface area contributed by atoms with Crippen LogP contribution in [0.4, 0.5) is 5.82 Å². The highest BCUT2D eigenvalue weighted by Crippen LogP contribution is 2.25. The topological polar surface area (TPSA) is 58.0 Å². The van der Waals surface area contributed by atoms with Gasteiger partial charge in [0, 0.05) is 12.2 Å². The van der Waals surface area contributed by atoms with Crippen molar-refractivity contribution in [2.24, 2.45) is 0 Å². The SMILES string of the molecule is Cc1ncc(Br)c(N[C@H]2CC[C@H](O)CC2)n1. The van der Waals surface area contributed by atoms with Gasteiger partial charge >= 0.3 is 0 Å². The number of aryl methyl sites for hydroxylation is 1. The normalized spacial score (nSPS) is 25.4. The number of nitrogens with one attached hydrogen (secondary N) is 1. The summed E-state index contributed by atoms with van der Waals surface area (Å²) in [6, 6.07) is 0.411. The van der Waals surface area contributed by atoms with Gasteiger partial charge < -0.3 is 10.4 Å². The number of halogens is 1. The molecule has 1 aliphatic rings. The number of aliphatic hydroxyl groups is 1. The van der Waals surface area contributed by atoms with E-state index in [4.69, 9.17) is 0 Å². The van der Waals surface area contributed by atoms with Crippen LogP contribution >= 0.6 is 15.9 Å². The first-order valence-corrected chi connectivity index (χ1v) is 6.38. The number of aromatic nitrogens is 2. The van der Waals surface area contributed by atoms with Crippen LogP contribution in [0.5, 0.6) is 0 Å². The van der Waals surface area contributed by atoms with Crippen LogP contribution in [0, 0.1) is 6.92 Å². The van der Waals surface area contributed by atoms with Gasteiger partial charge in [-0.1, -0.05) is 0 Å². The van der Waals surface area contributed by atoms with Crippen LogP contribution in [-0.4, -0.2) is 27.2 Å². The molecule has 88 valence electrons. The molecule has 4 nitrogen and oxygen atoms in total. The fourth-order valence-corrected chi connectivity index (χ4v) is 2.28. The lowest BCUT2D eigenvalue weighted by Gasteiger charge is -2.26. The Morgan fingerprint density at radius 3 is 2.75 bits per heavy atom. The van der Waals surface area contributed by atoms with E-state index in [0.29, 0.717) is 6.04 Å². The van der Waals surface area contributed by atoms with Gasteiger partial charge in [-0.3, -0.25) is 0 Å². The van der Waals surface area contributed by atoms with Crippen LogP contribution in [0.1, 0.15) is 31.5 Å². The summed E-state index contributed by atoms with van der Waals surface area (Å²) in [5, 5.41) is 12.8. The maximum atomic E-state index is 9.43. The lowest BCUT2D eigenvalue weighted by molar-refractivity contribution is 0.126. The van der Waals surface area contributed by atoms with Gasteiger partial charge in [0.05, 0.1) is 10.6 Å². The Morgan fingerprint density at radius 1 is 1.38 bits per heavy atom. The van der Waals surface area contributed by atoms with Crippen molar-refractivity contribution in [1.29, 1.82) is 0 Å². The predicted molar refractivity (Wildman–Crippen MR) is 66.4 cm³/mol. The lowest BCUT2D eigenvalue weighted by atomic mass is 9.93. The van der Waals surface area contributed by atoms with Gasteiger partial charge in [-0.15, -0.1) is 0 Å². The van der Waals surface area contributed by atoms with Crippen LogP contribution in [0.15, 0.2) is 10.7 Å². The maximum Gasteiger partial charge on any atom is 0.144 e. The predicted octanol–water partition coefficient (Wildman–Crippen LogP) is 2.26. The second-order valence-corrected chi connectivity index (χ2v) is 5.12. The largest absolute Gasteiger partial charge is 0.393 e. The molecule has 0 spiro atoms. The average Bonchev–Trinajstić information content (AvgIpc) is 2.27. The molecule has 2 rings (SSSR count). The van der Waals surface area contributed by atoms with Gasteiger partial charge in [-0.25, -0.2) is 9.97 Å². The molecule has 0 aliphatic heterocycles. The summed E-state index contributed by atoms with van der Waals surface area (Å²) in [7, 11) is 0. The molecule has 0 unspecified atom stereocenters. The molecule has 0 bridgehead atoms. The Morgan fingerprint density at radius 2 is 2.06 bits per heavy atom. The highest BCUT2D eigenvalue weighted by Gasteiger charge is 2.20. The molecule has 0 saturated heterocycles. The molecular weight excluding hydrogens is 270 g/mol. The maximum absolute atomic E-state index is 9.43. The van der Waals surface area contributed by atoms with Crippen molar-refractivity contribution in [2.75, 3.05) is 5.32 Å². The Bertz CT molecular complexity index is 364. The molecule has 5 heteroatoms. The number of hydrogen-bond acceptors (Lipinski definition) is 4. The van der Waals surface area contributed by atoms with E-state index in [-0.39, 0.29) is 6.10 Å². The van der Waals surface area contributed by atoms with Crippen molar-refractivity contribution in [1.82, 2.24) is 9.97 Å². The molecule has 1 aliphatic carbocycles. The Labute approximate surface area is 104 Å². The van der Waals surface area contributed by atoms with E-state index in [2.05, 4.69) is 31.2 Å². The number of nitrogens with zero attached hydrogens (tertiary/aromatic N) is 2. The van der Waals surface area contributed by atoms with E-state index in [9.17, 15) is 5.11 Å². The second-order valence-electron chi connectivity index (χ2n) is 4.26. The van der Waals surface area contributed by atoms with E-state index in [0.717, 1.165) is 41.8 Å². The third-order valence-electron chi connectivity index (χ3n) is 2.90. The summed E-state index contributed by atoms with van der Waals surface area (Å²) < 4.78 is 0.893. The van der Waals surface area contributed by atoms with E-state index in [1.165, 1.54) is 0 Å². The summed E-state index contributed by atoms with van der Waals surface area (Å²) in [5.74, 6) is 1.62. The van der Waals surface area contributed by atoms with Crippen LogP contribution in [-0.2, 0) is 0 Å². The third-order valence-corrected chi connectivity index (χ3v) is 3.48. The summed E-state index contributed by atoms with van der Waals surface area (Å²) in [6.07, 6.45) is 5.39. The minimum atomic E-state index is -0.117. The Kier molecular flexibility index (Phi) is 3.76. The van der Waals surface area contributed by atoms with Gasteiger partial charge in [0.25, 0.3) is 0 Å². The first-order chi connectivity index (χ1) is 7.65. The summed E-state index contributed by atoms with van der Waals surface area (Å²) in [6.45, 7) is 1.88. The van der Waals surface area contributed by atoms with Crippen molar-refractivity contribution in [2.45, 2.75) is 44.8 Å². The summed E-state index contributed by atoms with van der Waals surface area (Å²) in [4.78, 5) is 8.46. The molecular formula is C11H16BrN3O. The molecule has 0 amide bonds. The van der Waals surface area contributed by atoms with Gasteiger partial charge in [-0.05, 0) is 48.5 Å².